The Balaban J connectivity index is 1.58. The minimum absolute atomic E-state index is 0.927. The van der Waals surface area contributed by atoms with Gasteiger partial charge in [0.05, 0.1) is 6.54 Å². The molecule has 3 aliphatic rings. The normalized spacial score (nSPS) is 34.2. The zero-order chi connectivity index (χ0) is 16.5. The Kier molecular flexibility index (Phi) is 4.96. The van der Waals surface area contributed by atoms with E-state index in [1.807, 2.05) is 9.80 Å². The molecule has 2 heterocycles. The van der Waals surface area contributed by atoms with Gasteiger partial charge in [0, 0.05) is 24.3 Å². The fraction of sp³-hybridized carbons (Fsp3) is 0.727. The van der Waals surface area contributed by atoms with Crippen molar-refractivity contribution in [1.82, 2.24) is 0 Å². The lowest BCUT2D eigenvalue weighted by Gasteiger charge is -2.44. The van der Waals surface area contributed by atoms with Gasteiger partial charge in [-0.1, -0.05) is 43.0 Å². The molecule has 0 radical (unpaired) electrons. The zero-order valence-corrected chi connectivity index (χ0v) is 15.7. The van der Waals surface area contributed by atoms with Gasteiger partial charge < -0.3 is 9.80 Å². The maximum Gasteiger partial charge on any atom is 0.143 e. The van der Waals surface area contributed by atoms with Crippen LogP contribution in [0.5, 0.6) is 0 Å². The van der Waals surface area contributed by atoms with Crippen LogP contribution in [0.1, 0.15) is 61.6 Å². The van der Waals surface area contributed by atoms with Crippen LogP contribution in [0.2, 0.25) is 0 Å². The first-order valence-electron chi connectivity index (χ1n) is 10.5. The van der Waals surface area contributed by atoms with Crippen molar-refractivity contribution in [3.8, 4) is 0 Å². The first kappa shape index (κ1) is 16.6. The van der Waals surface area contributed by atoms with Crippen LogP contribution in [-0.2, 0) is 6.54 Å². The average molecular weight is 329 g/mol. The van der Waals surface area contributed by atoms with Gasteiger partial charge >= 0.3 is 0 Å². The number of hydrogen-bond donors (Lipinski definition) is 2. The molecule has 0 bridgehead atoms. The molecule has 0 spiro atoms. The van der Waals surface area contributed by atoms with Gasteiger partial charge in [-0.3, -0.25) is 0 Å². The Morgan fingerprint density at radius 3 is 2.58 bits per heavy atom. The van der Waals surface area contributed by atoms with Crippen LogP contribution in [0.4, 0.5) is 0 Å². The molecule has 2 heteroatoms. The van der Waals surface area contributed by atoms with E-state index in [2.05, 4.69) is 32.0 Å². The van der Waals surface area contributed by atoms with Crippen LogP contribution in [-0.4, -0.2) is 31.7 Å². The van der Waals surface area contributed by atoms with E-state index in [4.69, 9.17) is 0 Å². The van der Waals surface area contributed by atoms with Crippen LogP contribution in [0.3, 0.4) is 0 Å². The maximum absolute atomic E-state index is 2.45. The lowest BCUT2D eigenvalue weighted by Crippen LogP contribution is -3.32. The van der Waals surface area contributed by atoms with E-state index < -0.39 is 0 Å². The molecule has 3 fully saturated rings. The van der Waals surface area contributed by atoms with E-state index in [0.29, 0.717) is 0 Å². The summed E-state index contributed by atoms with van der Waals surface area (Å²) >= 11 is 0. The summed E-state index contributed by atoms with van der Waals surface area (Å²) in [4.78, 5) is 3.88. The van der Waals surface area contributed by atoms with Gasteiger partial charge in [-0.2, -0.15) is 0 Å². The van der Waals surface area contributed by atoms with Gasteiger partial charge in [0.25, 0.3) is 0 Å². The number of rotatable bonds is 3. The molecule has 2 aliphatic heterocycles. The predicted octanol–water partition coefficient (Wildman–Crippen LogP) is 1.70. The zero-order valence-electron chi connectivity index (χ0n) is 15.7. The second-order valence-corrected chi connectivity index (χ2v) is 8.85. The molecule has 1 saturated carbocycles. The molecular formula is C22H36N2+2. The maximum atomic E-state index is 2.45. The highest BCUT2D eigenvalue weighted by Gasteiger charge is 2.49. The number of hydrogen-bond acceptors (Lipinski definition) is 0. The second kappa shape index (κ2) is 7.17. The second-order valence-electron chi connectivity index (χ2n) is 8.85. The highest BCUT2D eigenvalue weighted by molar-refractivity contribution is 5.29. The van der Waals surface area contributed by atoms with Crippen LogP contribution < -0.4 is 9.80 Å². The molecule has 1 aromatic carbocycles. The SMILES string of the molecule is Cc1ccc(C)c(C[NH+]2CC[NH+]3CCC[C@@H]3[C@@H]2C2CCCCC2)c1. The van der Waals surface area contributed by atoms with Gasteiger partial charge in [0.2, 0.25) is 0 Å². The van der Waals surface area contributed by atoms with Crippen molar-refractivity contribution < 1.29 is 9.80 Å². The molecule has 1 aliphatic carbocycles. The van der Waals surface area contributed by atoms with Crippen LogP contribution in [0, 0.1) is 19.8 Å². The summed E-state index contributed by atoms with van der Waals surface area (Å²) in [7, 11) is 0. The van der Waals surface area contributed by atoms with Crippen molar-refractivity contribution in [2.24, 2.45) is 5.92 Å². The molecule has 2 nitrogen and oxygen atoms in total. The van der Waals surface area contributed by atoms with Crippen molar-refractivity contribution >= 4 is 0 Å². The van der Waals surface area contributed by atoms with E-state index in [0.717, 1.165) is 18.0 Å². The lowest BCUT2D eigenvalue weighted by atomic mass is 9.78. The van der Waals surface area contributed by atoms with Gasteiger partial charge in [0.15, 0.2) is 0 Å². The molecule has 0 aromatic heterocycles. The summed E-state index contributed by atoms with van der Waals surface area (Å²) in [5, 5.41) is 0. The molecule has 4 rings (SSSR count). The first-order valence-corrected chi connectivity index (χ1v) is 10.5. The minimum atomic E-state index is 0.927. The third-order valence-electron chi connectivity index (χ3n) is 7.29. The van der Waals surface area contributed by atoms with Gasteiger partial charge in [0.1, 0.15) is 31.7 Å². The molecule has 2 unspecified atom stereocenters. The lowest BCUT2D eigenvalue weighted by molar-refractivity contribution is -1.05. The Bertz CT molecular complexity index is 561. The van der Waals surface area contributed by atoms with E-state index in [1.54, 1.807) is 5.56 Å². The molecule has 0 amide bonds. The molecule has 1 aromatic rings. The smallest absolute Gasteiger partial charge is 0.143 e. The topological polar surface area (TPSA) is 8.88 Å². The number of fused-ring (bicyclic) bond motifs is 1. The quantitative estimate of drug-likeness (QED) is 0.836. The first-order chi connectivity index (χ1) is 11.7. The predicted molar refractivity (Wildman–Crippen MR) is 99.5 cm³/mol. The monoisotopic (exact) mass is 328 g/mol. The third-order valence-corrected chi connectivity index (χ3v) is 7.29. The highest BCUT2D eigenvalue weighted by Crippen LogP contribution is 2.28. The summed E-state index contributed by atoms with van der Waals surface area (Å²) < 4.78 is 0. The standard InChI is InChI=1S/C22H34N2/c1-17-10-11-18(2)20(15-17)16-24-14-13-23-12-6-9-21(23)22(24)19-7-4-3-5-8-19/h10-11,15,19,21-22H,3-9,12-14,16H2,1-2H3/p+2/t21-,22+/m1/s1. The van der Waals surface area contributed by atoms with E-state index in [9.17, 15) is 0 Å². The molecule has 132 valence electrons. The van der Waals surface area contributed by atoms with Crippen LogP contribution in [0.25, 0.3) is 0 Å². The molecule has 24 heavy (non-hydrogen) atoms. The fourth-order valence-electron chi connectivity index (χ4n) is 6.05. The molecular weight excluding hydrogens is 292 g/mol. The number of quaternary nitrogens is 2. The Morgan fingerprint density at radius 2 is 1.75 bits per heavy atom. The summed E-state index contributed by atoms with van der Waals surface area (Å²) in [5.41, 5.74) is 4.53. The van der Waals surface area contributed by atoms with Crippen molar-refractivity contribution in [3.63, 3.8) is 0 Å². The summed E-state index contributed by atoms with van der Waals surface area (Å²) in [5.74, 6) is 0.997. The molecule has 4 atom stereocenters. The highest BCUT2D eigenvalue weighted by atomic mass is 15.3. The van der Waals surface area contributed by atoms with Gasteiger partial charge in [-0.25, -0.2) is 0 Å². The van der Waals surface area contributed by atoms with E-state index in [1.165, 1.54) is 82.3 Å². The molecule has 2 N–H and O–H groups in total. The van der Waals surface area contributed by atoms with Crippen molar-refractivity contribution in [1.29, 1.82) is 0 Å². The number of benzene rings is 1. The van der Waals surface area contributed by atoms with Crippen molar-refractivity contribution in [3.05, 3.63) is 34.9 Å². The Labute approximate surface area is 148 Å². The van der Waals surface area contributed by atoms with Gasteiger partial charge in [-0.05, 0) is 32.3 Å². The van der Waals surface area contributed by atoms with Crippen molar-refractivity contribution in [2.75, 3.05) is 19.6 Å². The van der Waals surface area contributed by atoms with Gasteiger partial charge in [-0.15, -0.1) is 0 Å². The van der Waals surface area contributed by atoms with E-state index >= 15 is 0 Å². The number of nitrogens with one attached hydrogen (secondary N) is 2. The summed E-state index contributed by atoms with van der Waals surface area (Å²) in [6.07, 6.45) is 10.4. The Hall–Kier alpha value is -0.860. The third kappa shape index (κ3) is 3.28. The molecule has 2 saturated heterocycles. The fourth-order valence-corrected chi connectivity index (χ4v) is 6.05. The number of piperazine rings is 1. The summed E-state index contributed by atoms with van der Waals surface area (Å²) in [6, 6.07) is 8.94. The average Bonchev–Trinajstić information content (AvgIpc) is 3.07. The summed E-state index contributed by atoms with van der Waals surface area (Å²) in [6.45, 7) is 10.1. The number of aryl methyl sites for hydroxylation is 2. The largest absolute Gasteiger partial charge is 0.323 e. The van der Waals surface area contributed by atoms with Crippen molar-refractivity contribution in [2.45, 2.75) is 77.4 Å². The van der Waals surface area contributed by atoms with E-state index in [-0.39, 0.29) is 0 Å². The van der Waals surface area contributed by atoms with Crippen LogP contribution >= 0.6 is 0 Å². The van der Waals surface area contributed by atoms with Crippen LogP contribution in [0.15, 0.2) is 18.2 Å². The minimum Gasteiger partial charge on any atom is -0.323 e. The Morgan fingerprint density at radius 1 is 0.917 bits per heavy atom.